The number of hydrogen-bond donors (Lipinski definition) is 0. The molecule has 0 spiro atoms. The summed E-state index contributed by atoms with van der Waals surface area (Å²) in [6.07, 6.45) is 0. The molecular formula is C14H6N4O4S2. The van der Waals surface area contributed by atoms with Crippen molar-refractivity contribution in [3.05, 3.63) is 62.2 Å². The predicted octanol–water partition coefficient (Wildman–Crippen LogP) is 4.14. The smallest absolute Gasteiger partial charge is 0.258 e. The average molecular weight is 358 g/mol. The molecule has 1 aromatic heterocycles. The Morgan fingerprint density at radius 1 is 1.12 bits per heavy atom. The molecule has 0 unspecified atom stereocenters. The van der Waals surface area contributed by atoms with E-state index in [0.717, 1.165) is 28.6 Å². The van der Waals surface area contributed by atoms with E-state index in [0.29, 0.717) is 9.86 Å². The van der Waals surface area contributed by atoms with Crippen LogP contribution >= 0.6 is 23.1 Å². The number of rotatable bonds is 4. The maximum atomic E-state index is 11.3. The summed E-state index contributed by atoms with van der Waals surface area (Å²) >= 11 is 2.14. The zero-order chi connectivity index (χ0) is 17.3. The van der Waals surface area contributed by atoms with Crippen LogP contribution in [0.1, 0.15) is 5.56 Å². The van der Waals surface area contributed by atoms with Crippen molar-refractivity contribution < 1.29 is 9.85 Å². The number of nitriles is 1. The molecule has 1 heterocycles. The van der Waals surface area contributed by atoms with Gasteiger partial charge >= 0.3 is 0 Å². The molecule has 24 heavy (non-hydrogen) atoms. The van der Waals surface area contributed by atoms with Gasteiger partial charge in [0.2, 0.25) is 0 Å². The highest BCUT2D eigenvalue weighted by molar-refractivity contribution is 8.01. The summed E-state index contributed by atoms with van der Waals surface area (Å²) in [4.78, 5) is 25.3. The zero-order valence-corrected chi connectivity index (χ0v) is 13.3. The molecule has 0 N–H and O–H groups in total. The van der Waals surface area contributed by atoms with E-state index < -0.39 is 21.2 Å². The summed E-state index contributed by atoms with van der Waals surface area (Å²) in [6.45, 7) is 0. The van der Waals surface area contributed by atoms with Crippen molar-refractivity contribution in [2.45, 2.75) is 9.24 Å². The minimum Gasteiger partial charge on any atom is -0.258 e. The van der Waals surface area contributed by atoms with Crippen LogP contribution in [0.3, 0.4) is 0 Å². The molecule has 0 bridgehead atoms. The molecule has 0 aliphatic heterocycles. The van der Waals surface area contributed by atoms with Crippen LogP contribution in [-0.2, 0) is 0 Å². The monoisotopic (exact) mass is 358 g/mol. The molecule has 0 fully saturated rings. The molecule has 0 saturated carbocycles. The third kappa shape index (κ3) is 2.90. The molecule has 118 valence electrons. The SMILES string of the molecule is N#Cc1cc([N+](=O)[O-])c(Sc2nc3ccccc3s2)c([N+](=O)[O-])c1. The first-order valence-electron chi connectivity index (χ1n) is 6.40. The first-order chi connectivity index (χ1) is 11.5. The van der Waals surface area contributed by atoms with E-state index in [9.17, 15) is 20.2 Å². The number of hydrogen-bond acceptors (Lipinski definition) is 8. The van der Waals surface area contributed by atoms with Gasteiger partial charge in [0.05, 0.1) is 31.7 Å². The lowest BCUT2D eigenvalue weighted by Gasteiger charge is -2.02. The summed E-state index contributed by atoms with van der Waals surface area (Å²) in [5, 5.41) is 31.5. The summed E-state index contributed by atoms with van der Waals surface area (Å²) in [5.74, 6) is 0. The Morgan fingerprint density at radius 2 is 1.75 bits per heavy atom. The molecule has 0 saturated heterocycles. The fourth-order valence-corrected chi connectivity index (χ4v) is 4.20. The summed E-state index contributed by atoms with van der Waals surface area (Å²) in [7, 11) is 0. The molecule has 8 nitrogen and oxygen atoms in total. The highest BCUT2D eigenvalue weighted by Crippen LogP contribution is 2.44. The Labute approximate surface area is 142 Å². The van der Waals surface area contributed by atoms with Gasteiger partial charge in [0, 0.05) is 12.1 Å². The summed E-state index contributed by atoms with van der Waals surface area (Å²) in [5.41, 5.74) is -0.388. The molecule has 0 atom stereocenters. The quantitative estimate of drug-likeness (QED) is 0.507. The van der Waals surface area contributed by atoms with Crippen molar-refractivity contribution in [2.75, 3.05) is 0 Å². The molecule has 0 aliphatic carbocycles. The second-order valence-electron chi connectivity index (χ2n) is 4.52. The maximum Gasteiger partial charge on any atom is 0.291 e. The number of thiazole rings is 1. The highest BCUT2D eigenvalue weighted by atomic mass is 32.2. The van der Waals surface area contributed by atoms with Crippen LogP contribution in [0.15, 0.2) is 45.6 Å². The topological polar surface area (TPSA) is 123 Å². The number of benzene rings is 2. The average Bonchev–Trinajstić information content (AvgIpc) is 2.96. The van der Waals surface area contributed by atoms with Crippen LogP contribution in [0.4, 0.5) is 11.4 Å². The van der Waals surface area contributed by atoms with Crippen LogP contribution in [0.25, 0.3) is 10.2 Å². The Hall–Kier alpha value is -3.03. The number of nitro groups is 2. The normalized spacial score (nSPS) is 10.5. The highest BCUT2D eigenvalue weighted by Gasteiger charge is 2.28. The van der Waals surface area contributed by atoms with Crippen molar-refractivity contribution in [1.29, 1.82) is 5.26 Å². The van der Waals surface area contributed by atoms with Gasteiger partial charge in [-0.25, -0.2) is 4.98 Å². The Balaban J connectivity index is 2.16. The molecule has 2 aromatic carbocycles. The molecule has 0 radical (unpaired) electrons. The van der Waals surface area contributed by atoms with Crippen molar-refractivity contribution in [3.8, 4) is 6.07 Å². The third-order valence-electron chi connectivity index (χ3n) is 3.04. The second-order valence-corrected chi connectivity index (χ2v) is 6.81. The van der Waals surface area contributed by atoms with E-state index in [1.165, 1.54) is 11.3 Å². The lowest BCUT2D eigenvalue weighted by Crippen LogP contribution is -1.98. The van der Waals surface area contributed by atoms with Crippen molar-refractivity contribution in [3.63, 3.8) is 0 Å². The standard InChI is InChI=1S/C14H6N4O4S2/c15-7-8-5-10(17(19)20)13(11(6-8)18(21)22)24-14-16-9-3-1-2-4-12(9)23-14/h1-6H. The Morgan fingerprint density at radius 3 is 2.29 bits per heavy atom. The largest absolute Gasteiger partial charge is 0.291 e. The van der Waals surface area contributed by atoms with Gasteiger partial charge in [-0.15, -0.1) is 11.3 Å². The van der Waals surface area contributed by atoms with Gasteiger partial charge in [-0.2, -0.15) is 5.26 Å². The first kappa shape index (κ1) is 15.9. The lowest BCUT2D eigenvalue weighted by atomic mass is 10.2. The molecule has 3 aromatic rings. The van der Waals surface area contributed by atoms with Gasteiger partial charge in [0.1, 0.15) is 0 Å². The minimum atomic E-state index is -0.733. The van der Waals surface area contributed by atoms with Crippen LogP contribution < -0.4 is 0 Å². The lowest BCUT2D eigenvalue weighted by molar-refractivity contribution is -0.399. The van der Waals surface area contributed by atoms with Crippen molar-refractivity contribution >= 4 is 44.7 Å². The third-order valence-corrected chi connectivity index (χ3v) is 5.26. The van der Waals surface area contributed by atoms with Gasteiger partial charge in [0.25, 0.3) is 11.4 Å². The zero-order valence-electron chi connectivity index (χ0n) is 11.7. The number of para-hydroxylation sites is 1. The van der Waals surface area contributed by atoms with Crippen LogP contribution in [0.5, 0.6) is 0 Å². The van der Waals surface area contributed by atoms with E-state index in [2.05, 4.69) is 4.98 Å². The van der Waals surface area contributed by atoms with Crippen LogP contribution in [0, 0.1) is 31.6 Å². The fraction of sp³-hybridized carbons (Fsp3) is 0. The maximum absolute atomic E-state index is 11.3. The van der Waals surface area contributed by atoms with Gasteiger partial charge < -0.3 is 0 Å². The van der Waals surface area contributed by atoms with E-state index in [4.69, 9.17) is 5.26 Å². The van der Waals surface area contributed by atoms with Crippen LogP contribution in [-0.4, -0.2) is 14.8 Å². The van der Waals surface area contributed by atoms with E-state index in [1.54, 1.807) is 12.1 Å². The molecule has 0 amide bonds. The molecule has 10 heteroatoms. The van der Waals surface area contributed by atoms with Crippen LogP contribution in [0.2, 0.25) is 0 Å². The Kier molecular flexibility index (Phi) is 4.11. The van der Waals surface area contributed by atoms with Gasteiger partial charge in [-0.05, 0) is 23.9 Å². The predicted molar refractivity (Wildman–Crippen MR) is 88.2 cm³/mol. The van der Waals surface area contributed by atoms with E-state index >= 15 is 0 Å². The van der Waals surface area contributed by atoms with Gasteiger partial charge in [0.15, 0.2) is 9.24 Å². The number of nitro benzene ring substituents is 2. The summed E-state index contributed by atoms with van der Waals surface area (Å²) < 4.78 is 1.33. The summed E-state index contributed by atoms with van der Waals surface area (Å²) in [6, 6.07) is 11.0. The Bertz CT molecular complexity index is 957. The number of nitrogens with zero attached hydrogens (tertiary/aromatic N) is 4. The fourth-order valence-electron chi connectivity index (χ4n) is 2.02. The van der Waals surface area contributed by atoms with Crippen molar-refractivity contribution in [1.82, 2.24) is 4.98 Å². The number of aromatic nitrogens is 1. The second kappa shape index (κ2) is 6.23. The van der Waals surface area contributed by atoms with Gasteiger partial charge in [-0.1, -0.05) is 12.1 Å². The van der Waals surface area contributed by atoms with E-state index in [-0.39, 0.29) is 10.5 Å². The molecule has 3 rings (SSSR count). The molecular weight excluding hydrogens is 352 g/mol. The van der Waals surface area contributed by atoms with Gasteiger partial charge in [-0.3, -0.25) is 20.2 Å². The minimum absolute atomic E-state index is 0.136. The van der Waals surface area contributed by atoms with E-state index in [1.807, 2.05) is 18.2 Å². The number of fused-ring (bicyclic) bond motifs is 1. The first-order valence-corrected chi connectivity index (χ1v) is 8.03. The van der Waals surface area contributed by atoms with Crippen molar-refractivity contribution in [2.24, 2.45) is 0 Å². The molecule has 0 aliphatic rings.